The minimum absolute atomic E-state index is 0.241. The summed E-state index contributed by atoms with van der Waals surface area (Å²) in [4.78, 5) is 14.9. The minimum atomic E-state index is -0.923. The molecule has 1 N–H and O–H groups in total. The molecule has 0 aliphatic carbocycles. The van der Waals surface area contributed by atoms with Crippen molar-refractivity contribution >= 4 is 50.8 Å². The van der Waals surface area contributed by atoms with Gasteiger partial charge >= 0.3 is 6.03 Å². The minimum Gasteiger partial charge on any atom is -0.454 e. The Balaban J connectivity index is 1.85. The molecule has 2 amide bonds. The van der Waals surface area contributed by atoms with Gasteiger partial charge in [0.05, 0.1) is 6.54 Å². The van der Waals surface area contributed by atoms with Crippen LogP contribution in [-0.4, -0.2) is 46.1 Å². The number of carbonyl (C=O) groups is 1. The van der Waals surface area contributed by atoms with Crippen molar-refractivity contribution in [2.75, 3.05) is 18.5 Å². The van der Waals surface area contributed by atoms with Gasteiger partial charge in [0, 0.05) is 10.6 Å². The first-order chi connectivity index (χ1) is 12.5. The quantitative estimate of drug-likeness (QED) is 0.499. The van der Waals surface area contributed by atoms with Crippen molar-refractivity contribution in [3.8, 4) is 5.75 Å². The van der Waals surface area contributed by atoms with Gasteiger partial charge in [0.2, 0.25) is 5.13 Å². The molecule has 1 saturated heterocycles. The number of hydrogen-bond acceptors (Lipinski definition) is 6. The molecular weight excluding hydrogens is 467 g/mol. The van der Waals surface area contributed by atoms with Crippen molar-refractivity contribution in [1.82, 2.24) is 15.1 Å². The Labute approximate surface area is 169 Å². The van der Waals surface area contributed by atoms with Crippen LogP contribution in [0.25, 0.3) is 5.76 Å². The van der Waals surface area contributed by atoms with Crippen LogP contribution in [0.1, 0.15) is 24.8 Å². The lowest BCUT2D eigenvalue weighted by atomic mass is 10.3. The van der Waals surface area contributed by atoms with E-state index in [0.29, 0.717) is 21.6 Å². The van der Waals surface area contributed by atoms with Gasteiger partial charge in [-0.2, -0.15) is 0 Å². The lowest BCUT2D eigenvalue weighted by Crippen LogP contribution is -2.34. The highest BCUT2D eigenvalue weighted by atomic mass is 127. The Morgan fingerprint density at radius 3 is 2.77 bits per heavy atom. The summed E-state index contributed by atoms with van der Waals surface area (Å²) in [6, 6.07) is 7.43. The number of hydrogen-bond donors (Lipinski definition) is 1. The lowest BCUT2D eigenvalue weighted by Gasteiger charge is -2.14. The fourth-order valence-corrected chi connectivity index (χ4v) is 3.63. The monoisotopic (exact) mass is 486 g/mol. The number of amides is 2. The average molecular weight is 486 g/mol. The number of carbonyl (C=O) groups excluding carboxylic acids is 1. The Morgan fingerprint density at radius 1 is 1.42 bits per heavy atom. The SMILES string of the molecule is CCCC=C(Oc1ccc(I)cc1)c1nnc(N2C(=O)N(C)CC2O)s1. The fourth-order valence-electron chi connectivity index (χ4n) is 2.42. The van der Waals surface area contributed by atoms with E-state index in [4.69, 9.17) is 4.74 Å². The van der Waals surface area contributed by atoms with Gasteiger partial charge in [-0.3, -0.25) is 0 Å². The second kappa shape index (κ2) is 8.31. The summed E-state index contributed by atoms with van der Waals surface area (Å²) in [5.74, 6) is 1.31. The number of halogens is 1. The molecule has 0 saturated carbocycles. The Bertz CT molecular complexity index is 809. The van der Waals surface area contributed by atoms with Crippen LogP contribution in [0.5, 0.6) is 5.75 Å². The van der Waals surface area contributed by atoms with Crippen molar-refractivity contribution in [2.45, 2.75) is 26.0 Å². The largest absolute Gasteiger partial charge is 0.454 e. The summed E-state index contributed by atoms with van der Waals surface area (Å²) in [5, 5.41) is 19.3. The molecule has 2 aromatic rings. The van der Waals surface area contributed by atoms with Gasteiger partial charge in [-0.05, 0) is 59.4 Å². The van der Waals surface area contributed by atoms with Crippen molar-refractivity contribution in [3.05, 3.63) is 38.9 Å². The topological polar surface area (TPSA) is 78.8 Å². The van der Waals surface area contributed by atoms with Crippen LogP contribution in [0.15, 0.2) is 30.3 Å². The van der Waals surface area contributed by atoms with E-state index in [1.807, 2.05) is 30.3 Å². The molecular formula is C17H19IN4O3S. The smallest absolute Gasteiger partial charge is 0.328 e. The zero-order valence-electron chi connectivity index (χ0n) is 14.4. The zero-order chi connectivity index (χ0) is 18.7. The molecule has 0 bridgehead atoms. The summed E-state index contributed by atoms with van der Waals surface area (Å²) in [6.07, 6.45) is 2.85. The third-order valence-electron chi connectivity index (χ3n) is 3.76. The Morgan fingerprint density at radius 2 is 2.15 bits per heavy atom. The second-order valence-corrected chi connectivity index (χ2v) is 8.02. The molecule has 2 heterocycles. The highest BCUT2D eigenvalue weighted by Gasteiger charge is 2.37. The molecule has 0 radical (unpaired) electrons. The van der Waals surface area contributed by atoms with Gasteiger partial charge in [0.25, 0.3) is 0 Å². The van der Waals surface area contributed by atoms with Crippen LogP contribution in [-0.2, 0) is 0 Å². The molecule has 1 atom stereocenters. The lowest BCUT2D eigenvalue weighted by molar-refractivity contribution is 0.183. The normalized spacial score (nSPS) is 17.9. The molecule has 138 valence electrons. The van der Waals surface area contributed by atoms with Gasteiger partial charge in [0.15, 0.2) is 17.0 Å². The molecule has 9 heteroatoms. The predicted octanol–water partition coefficient (Wildman–Crippen LogP) is 3.55. The van der Waals surface area contributed by atoms with Crippen molar-refractivity contribution in [2.24, 2.45) is 0 Å². The Kier molecular flexibility index (Phi) is 6.09. The van der Waals surface area contributed by atoms with Crippen LogP contribution in [0.2, 0.25) is 0 Å². The number of β-amino-alcohol motifs (C(OH)–C–C–N with tert-alkyl or cyclic N) is 1. The summed E-state index contributed by atoms with van der Waals surface area (Å²) in [5.41, 5.74) is 0. The highest BCUT2D eigenvalue weighted by Crippen LogP contribution is 2.31. The molecule has 1 fully saturated rings. The number of urea groups is 1. The highest BCUT2D eigenvalue weighted by molar-refractivity contribution is 14.1. The van der Waals surface area contributed by atoms with E-state index in [2.05, 4.69) is 39.7 Å². The number of likely N-dealkylation sites (N-methyl/N-ethyl adjacent to an activating group) is 1. The van der Waals surface area contributed by atoms with Gasteiger partial charge in [-0.15, -0.1) is 10.2 Å². The van der Waals surface area contributed by atoms with Crippen molar-refractivity contribution in [3.63, 3.8) is 0 Å². The van der Waals surface area contributed by atoms with E-state index in [1.54, 1.807) is 7.05 Å². The van der Waals surface area contributed by atoms with E-state index < -0.39 is 6.23 Å². The summed E-state index contributed by atoms with van der Waals surface area (Å²) >= 11 is 3.46. The molecule has 1 aliphatic rings. The third kappa shape index (κ3) is 4.15. The summed E-state index contributed by atoms with van der Waals surface area (Å²) in [7, 11) is 1.64. The van der Waals surface area contributed by atoms with Crippen LogP contribution >= 0.6 is 33.9 Å². The number of allylic oxidation sites excluding steroid dienone is 1. The van der Waals surface area contributed by atoms with Gasteiger partial charge in [-0.25, -0.2) is 9.69 Å². The van der Waals surface area contributed by atoms with Crippen molar-refractivity contribution < 1.29 is 14.6 Å². The second-order valence-electron chi connectivity index (χ2n) is 5.82. The summed E-state index contributed by atoms with van der Waals surface area (Å²) in [6.45, 7) is 2.32. The first kappa shape index (κ1) is 19.1. The summed E-state index contributed by atoms with van der Waals surface area (Å²) < 4.78 is 7.12. The zero-order valence-corrected chi connectivity index (χ0v) is 17.4. The van der Waals surface area contributed by atoms with E-state index in [0.717, 1.165) is 16.4 Å². The van der Waals surface area contributed by atoms with Crippen molar-refractivity contribution in [1.29, 1.82) is 0 Å². The number of ether oxygens (including phenoxy) is 1. The molecule has 26 heavy (non-hydrogen) atoms. The first-order valence-corrected chi connectivity index (χ1v) is 10.1. The van der Waals surface area contributed by atoms with Crippen LogP contribution in [0.3, 0.4) is 0 Å². The number of nitrogens with zero attached hydrogens (tertiary/aromatic N) is 4. The van der Waals surface area contributed by atoms with E-state index in [-0.39, 0.29) is 12.6 Å². The fraction of sp³-hybridized carbons (Fsp3) is 0.353. The maximum absolute atomic E-state index is 12.2. The molecule has 0 spiro atoms. The van der Waals surface area contributed by atoms with Gasteiger partial charge in [0.1, 0.15) is 5.75 Å². The number of anilines is 1. The molecule has 1 aromatic carbocycles. The maximum Gasteiger partial charge on any atom is 0.328 e. The van der Waals surface area contributed by atoms with E-state index in [9.17, 15) is 9.90 Å². The number of aliphatic hydroxyl groups excluding tert-OH is 1. The number of aromatic nitrogens is 2. The molecule has 1 aliphatic heterocycles. The molecule has 1 unspecified atom stereocenters. The molecule has 1 aromatic heterocycles. The number of unbranched alkanes of at least 4 members (excludes halogenated alkanes) is 1. The first-order valence-electron chi connectivity index (χ1n) is 8.19. The van der Waals surface area contributed by atoms with E-state index in [1.165, 1.54) is 21.1 Å². The third-order valence-corrected chi connectivity index (χ3v) is 5.42. The standard InChI is InChI=1S/C17H19IN4O3S/c1-3-4-5-13(25-12-8-6-11(18)7-9-12)15-19-20-16(26-15)22-14(23)10-21(2)17(22)24/h5-9,14,23H,3-4,10H2,1-2H3. The number of benzene rings is 1. The molecule has 3 rings (SSSR count). The van der Waals surface area contributed by atoms with Crippen LogP contribution in [0, 0.1) is 3.57 Å². The number of aliphatic hydroxyl groups is 1. The van der Waals surface area contributed by atoms with E-state index >= 15 is 0 Å². The van der Waals surface area contributed by atoms with Gasteiger partial charge in [-0.1, -0.05) is 24.7 Å². The van der Waals surface area contributed by atoms with Crippen LogP contribution in [0.4, 0.5) is 9.93 Å². The maximum atomic E-state index is 12.2. The number of rotatable bonds is 6. The molecule has 7 nitrogen and oxygen atoms in total. The average Bonchev–Trinajstić information content (AvgIpc) is 3.18. The predicted molar refractivity (Wildman–Crippen MR) is 109 cm³/mol. The Hall–Kier alpha value is -1.72. The van der Waals surface area contributed by atoms with Crippen LogP contribution < -0.4 is 9.64 Å². The van der Waals surface area contributed by atoms with Gasteiger partial charge < -0.3 is 14.7 Å².